The summed E-state index contributed by atoms with van der Waals surface area (Å²) in [6.07, 6.45) is 1.61. The van der Waals surface area contributed by atoms with Crippen LogP contribution in [0.3, 0.4) is 0 Å². The monoisotopic (exact) mass is 236 g/mol. The zero-order valence-electron chi connectivity index (χ0n) is 8.39. The molecule has 3 rings (SSSR count). The third-order valence-electron chi connectivity index (χ3n) is 2.52. The van der Waals surface area contributed by atoms with E-state index in [4.69, 9.17) is 5.11 Å². The van der Waals surface area contributed by atoms with Crippen molar-refractivity contribution in [3.8, 4) is 0 Å². The zero-order valence-corrected chi connectivity index (χ0v) is 9.21. The van der Waals surface area contributed by atoms with E-state index in [1.165, 1.54) is 11.3 Å². The third-order valence-corrected chi connectivity index (χ3v) is 3.58. The van der Waals surface area contributed by atoms with Gasteiger partial charge in [0, 0.05) is 12.4 Å². The van der Waals surface area contributed by atoms with Crippen LogP contribution in [0.15, 0.2) is 11.0 Å². The lowest BCUT2D eigenvalue weighted by molar-refractivity contribution is 0.281. The van der Waals surface area contributed by atoms with Crippen molar-refractivity contribution in [2.24, 2.45) is 7.05 Å². The predicted octanol–water partition coefficient (Wildman–Crippen LogP) is 0.364. The number of aryl methyl sites for hydroxylation is 1. The average molecular weight is 236 g/mol. The molecule has 7 heteroatoms. The number of aromatic amines is 1. The summed E-state index contributed by atoms with van der Waals surface area (Å²) < 4.78 is 2.61. The third kappa shape index (κ3) is 1.06. The molecule has 0 aromatic carbocycles. The van der Waals surface area contributed by atoms with Crippen LogP contribution >= 0.6 is 11.3 Å². The van der Waals surface area contributed by atoms with Gasteiger partial charge in [0.15, 0.2) is 5.65 Å². The molecule has 0 saturated heterocycles. The summed E-state index contributed by atoms with van der Waals surface area (Å²) in [5.74, 6) is 0. The number of hydrogen-bond acceptors (Lipinski definition) is 5. The Morgan fingerprint density at radius 1 is 1.62 bits per heavy atom. The van der Waals surface area contributed by atoms with Crippen molar-refractivity contribution in [2.75, 3.05) is 0 Å². The van der Waals surface area contributed by atoms with Crippen LogP contribution in [-0.2, 0) is 13.7 Å². The Kier molecular flexibility index (Phi) is 1.86. The first-order chi connectivity index (χ1) is 7.72. The molecule has 2 N–H and O–H groups in total. The van der Waals surface area contributed by atoms with Gasteiger partial charge >= 0.3 is 0 Å². The average Bonchev–Trinajstić information content (AvgIpc) is 2.80. The maximum atomic E-state index is 11.6. The first kappa shape index (κ1) is 9.49. The number of aromatic nitrogens is 4. The molecule has 0 saturated carbocycles. The lowest BCUT2D eigenvalue weighted by Crippen LogP contribution is -2.10. The fraction of sp³-hybridized carbons (Fsp3) is 0.222. The Morgan fingerprint density at radius 2 is 2.44 bits per heavy atom. The van der Waals surface area contributed by atoms with Crippen LogP contribution in [0.5, 0.6) is 0 Å². The largest absolute Gasteiger partial charge is 0.389 e. The summed E-state index contributed by atoms with van der Waals surface area (Å²) >= 11 is 1.38. The second-order valence-corrected chi connectivity index (χ2v) is 4.52. The molecule has 0 aliphatic heterocycles. The molecule has 0 spiro atoms. The first-order valence-corrected chi connectivity index (χ1v) is 5.46. The summed E-state index contributed by atoms with van der Waals surface area (Å²) in [5.41, 5.74) is 1.05. The summed E-state index contributed by atoms with van der Waals surface area (Å²) in [6, 6.07) is 0. The molecular weight excluding hydrogens is 228 g/mol. The van der Waals surface area contributed by atoms with Crippen LogP contribution in [0.4, 0.5) is 0 Å². The molecule has 3 heterocycles. The Morgan fingerprint density at radius 3 is 3.19 bits per heavy atom. The van der Waals surface area contributed by atoms with Gasteiger partial charge in [0.1, 0.15) is 10.5 Å². The van der Waals surface area contributed by atoms with Gasteiger partial charge in [-0.1, -0.05) is 0 Å². The van der Waals surface area contributed by atoms with Crippen molar-refractivity contribution >= 4 is 32.6 Å². The molecule has 0 aliphatic carbocycles. The molecule has 3 aromatic heterocycles. The molecule has 3 aromatic rings. The van der Waals surface area contributed by atoms with Crippen LogP contribution < -0.4 is 5.56 Å². The van der Waals surface area contributed by atoms with Crippen molar-refractivity contribution in [3.63, 3.8) is 0 Å². The minimum Gasteiger partial charge on any atom is -0.389 e. The van der Waals surface area contributed by atoms with Crippen LogP contribution in [0.25, 0.3) is 21.3 Å². The van der Waals surface area contributed by atoms with Gasteiger partial charge < -0.3 is 9.67 Å². The summed E-state index contributed by atoms with van der Waals surface area (Å²) in [7, 11) is 1.78. The normalized spacial score (nSPS) is 11.6. The number of thiazole rings is 1. The van der Waals surface area contributed by atoms with E-state index in [-0.39, 0.29) is 12.2 Å². The fourth-order valence-corrected chi connectivity index (χ4v) is 2.79. The Hall–Kier alpha value is -1.73. The van der Waals surface area contributed by atoms with Gasteiger partial charge in [-0.3, -0.25) is 4.79 Å². The highest BCUT2D eigenvalue weighted by Crippen LogP contribution is 2.30. The topological polar surface area (TPSA) is 83.8 Å². The molecule has 16 heavy (non-hydrogen) atoms. The van der Waals surface area contributed by atoms with Crippen LogP contribution in [0, 0.1) is 0 Å². The maximum absolute atomic E-state index is 11.6. The highest BCUT2D eigenvalue weighted by molar-refractivity contribution is 7.19. The maximum Gasteiger partial charge on any atom is 0.288 e. The molecule has 82 valence electrons. The second kappa shape index (κ2) is 3.13. The lowest BCUT2D eigenvalue weighted by Gasteiger charge is -1.93. The van der Waals surface area contributed by atoms with Crippen LogP contribution in [-0.4, -0.2) is 24.9 Å². The number of rotatable bonds is 1. The highest BCUT2D eigenvalue weighted by atomic mass is 32.1. The van der Waals surface area contributed by atoms with E-state index in [9.17, 15) is 4.79 Å². The van der Waals surface area contributed by atoms with Gasteiger partial charge in [0.2, 0.25) is 0 Å². The molecule has 6 nitrogen and oxygen atoms in total. The van der Waals surface area contributed by atoms with E-state index in [0.717, 1.165) is 10.1 Å². The zero-order chi connectivity index (χ0) is 11.3. The molecule has 0 radical (unpaired) electrons. The van der Waals surface area contributed by atoms with E-state index in [1.54, 1.807) is 17.8 Å². The van der Waals surface area contributed by atoms with Crippen molar-refractivity contribution in [2.45, 2.75) is 6.61 Å². The summed E-state index contributed by atoms with van der Waals surface area (Å²) in [6.45, 7) is -0.0859. The van der Waals surface area contributed by atoms with Crippen molar-refractivity contribution in [3.05, 3.63) is 21.6 Å². The van der Waals surface area contributed by atoms with E-state index in [2.05, 4.69) is 15.2 Å². The van der Waals surface area contributed by atoms with Crippen LogP contribution in [0.1, 0.15) is 5.01 Å². The van der Waals surface area contributed by atoms with Gasteiger partial charge in [0.25, 0.3) is 5.56 Å². The number of H-pyrrole nitrogens is 1. The molecule has 0 unspecified atom stereocenters. The molecule has 0 atom stereocenters. The van der Waals surface area contributed by atoms with Crippen molar-refractivity contribution in [1.82, 2.24) is 19.7 Å². The van der Waals surface area contributed by atoms with E-state index in [1.807, 2.05) is 0 Å². The minimum atomic E-state index is -0.226. The van der Waals surface area contributed by atoms with Crippen molar-refractivity contribution in [1.29, 1.82) is 0 Å². The van der Waals surface area contributed by atoms with Crippen LogP contribution in [0.2, 0.25) is 0 Å². The molecular formula is C9H8N4O2S. The number of fused-ring (bicyclic) bond motifs is 3. The molecule has 0 aliphatic rings. The van der Waals surface area contributed by atoms with Gasteiger partial charge in [-0.2, -0.15) is 5.10 Å². The Balaban J connectivity index is 2.58. The van der Waals surface area contributed by atoms with E-state index < -0.39 is 0 Å². The Labute approximate surface area is 93.2 Å². The van der Waals surface area contributed by atoms with Gasteiger partial charge in [-0.05, 0) is 0 Å². The second-order valence-electron chi connectivity index (χ2n) is 3.44. The quantitative estimate of drug-likeness (QED) is 0.639. The summed E-state index contributed by atoms with van der Waals surface area (Å²) in [4.78, 5) is 15.9. The fourth-order valence-electron chi connectivity index (χ4n) is 1.82. The molecule has 0 fully saturated rings. The Bertz CT molecular complexity index is 739. The van der Waals surface area contributed by atoms with E-state index >= 15 is 0 Å². The first-order valence-electron chi connectivity index (χ1n) is 4.64. The number of aliphatic hydroxyl groups excluding tert-OH is 1. The van der Waals surface area contributed by atoms with Gasteiger partial charge in [0.05, 0.1) is 17.5 Å². The minimum absolute atomic E-state index is 0.0859. The number of hydrogen-bond donors (Lipinski definition) is 2. The number of aliphatic hydroxyl groups is 1. The SMILES string of the molecule is Cn1c2nc(CO)sc2c2cn[nH]c(=O)c21. The lowest BCUT2D eigenvalue weighted by atomic mass is 10.4. The molecule has 0 amide bonds. The molecule has 0 bridgehead atoms. The number of nitrogens with zero attached hydrogens (tertiary/aromatic N) is 3. The van der Waals surface area contributed by atoms with E-state index in [0.29, 0.717) is 16.2 Å². The standard InChI is InChI=1S/C9H8N4O2S/c1-13-6-4(2-10-12-9(6)15)7-8(13)11-5(3-14)16-7/h2,14H,3H2,1H3,(H,12,15). The van der Waals surface area contributed by atoms with Gasteiger partial charge in [-0.15, -0.1) is 11.3 Å². The smallest absolute Gasteiger partial charge is 0.288 e. The number of nitrogens with one attached hydrogen (secondary N) is 1. The highest BCUT2D eigenvalue weighted by Gasteiger charge is 2.15. The van der Waals surface area contributed by atoms with Crippen molar-refractivity contribution < 1.29 is 5.11 Å². The predicted molar refractivity (Wildman–Crippen MR) is 60.4 cm³/mol. The van der Waals surface area contributed by atoms with Gasteiger partial charge in [-0.25, -0.2) is 10.1 Å². The summed E-state index contributed by atoms with van der Waals surface area (Å²) in [5, 5.41) is 16.6.